The molecule has 0 unspecified atom stereocenters. The van der Waals surface area contributed by atoms with E-state index in [9.17, 15) is 26.3 Å². The van der Waals surface area contributed by atoms with Crippen LogP contribution >= 0.6 is 0 Å². The first kappa shape index (κ1) is 15.5. The summed E-state index contributed by atoms with van der Waals surface area (Å²) in [7, 11) is 0. The molecule has 2 N–H and O–H groups in total. The second-order valence-corrected chi connectivity index (χ2v) is 3.27. The van der Waals surface area contributed by atoms with Crippen LogP contribution in [0.2, 0.25) is 0 Å². The minimum absolute atomic E-state index is 0.782. The zero-order valence-electron chi connectivity index (χ0n) is 8.15. The summed E-state index contributed by atoms with van der Waals surface area (Å²) in [6.07, 6.45) is -6.06. The number of aliphatic hydroxyl groups excluding tert-OH is 2. The van der Waals surface area contributed by atoms with E-state index in [4.69, 9.17) is 10.2 Å². The molecule has 8 heteroatoms. The smallest absolute Gasteiger partial charge is 0.369 e. The highest BCUT2D eigenvalue weighted by Crippen LogP contribution is 2.46. The van der Waals surface area contributed by atoms with E-state index in [0.29, 0.717) is 0 Å². The van der Waals surface area contributed by atoms with Crippen molar-refractivity contribution in [3.05, 3.63) is 0 Å². The van der Waals surface area contributed by atoms with Gasteiger partial charge in [-0.05, 0) is 12.8 Å². The van der Waals surface area contributed by atoms with Gasteiger partial charge in [-0.25, -0.2) is 8.78 Å². The number of hydrogen-bond donors (Lipinski definition) is 2. The van der Waals surface area contributed by atoms with Crippen LogP contribution in [0.5, 0.6) is 0 Å². The first-order chi connectivity index (χ1) is 7.21. The predicted molar refractivity (Wildman–Crippen MR) is 42.8 cm³/mol. The van der Waals surface area contributed by atoms with Gasteiger partial charge in [0.1, 0.15) is 0 Å². The number of rotatable bonds is 7. The van der Waals surface area contributed by atoms with Gasteiger partial charge in [0.15, 0.2) is 0 Å². The van der Waals surface area contributed by atoms with Crippen molar-refractivity contribution in [1.29, 1.82) is 0 Å². The van der Waals surface area contributed by atoms with Crippen LogP contribution in [0.25, 0.3) is 0 Å². The first-order valence-electron chi connectivity index (χ1n) is 4.47. The van der Waals surface area contributed by atoms with Gasteiger partial charge in [0.2, 0.25) is 0 Å². The molecular formula is C8H12F6O2. The molecule has 0 aliphatic carbocycles. The molecule has 0 atom stereocenters. The maximum Gasteiger partial charge on any atom is 0.369 e. The van der Waals surface area contributed by atoms with Crippen molar-refractivity contribution in [2.24, 2.45) is 5.92 Å². The number of aliphatic hydroxyl groups is 2. The summed E-state index contributed by atoms with van der Waals surface area (Å²) in [5.74, 6) is -12.6. The fourth-order valence-electron chi connectivity index (χ4n) is 1.24. The lowest BCUT2D eigenvalue weighted by atomic mass is 9.90. The highest BCUT2D eigenvalue weighted by Gasteiger charge is 2.65. The van der Waals surface area contributed by atoms with Crippen molar-refractivity contribution < 1.29 is 36.6 Å². The van der Waals surface area contributed by atoms with Gasteiger partial charge >= 0.3 is 18.3 Å². The average Bonchev–Trinajstić information content (AvgIpc) is 2.16. The number of hydrogen-bond acceptors (Lipinski definition) is 2. The molecule has 0 aliphatic rings. The number of alkyl halides is 6. The van der Waals surface area contributed by atoms with Gasteiger partial charge in [0, 0.05) is 19.1 Å². The summed E-state index contributed by atoms with van der Waals surface area (Å²) in [5.41, 5.74) is 0. The highest BCUT2D eigenvalue weighted by molar-refractivity contribution is 4.92. The lowest BCUT2D eigenvalue weighted by molar-refractivity contribution is -0.286. The van der Waals surface area contributed by atoms with E-state index in [1.165, 1.54) is 0 Å². The molecule has 16 heavy (non-hydrogen) atoms. The Morgan fingerprint density at radius 2 is 1.19 bits per heavy atom. The van der Waals surface area contributed by atoms with Gasteiger partial charge in [-0.3, -0.25) is 0 Å². The lowest BCUT2D eigenvalue weighted by Gasteiger charge is -2.32. The van der Waals surface area contributed by atoms with Crippen molar-refractivity contribution in [2.75, 3.05) is 13.2 Å². The molecule has 0 heterocycles. The van der Waals surface area contributed by atoms with E-state index in [1.807, 2.05) is 0 Å². The second-order valence-electron chi connectivity index (χ2n) is 3.27. The van der Waals surface area contributed by atoms with Crippen LogP contribution in [0, 0.1) is 5.92 Å². The Balaban J connectivity index is 4.95. The maximum atomic E-state index is 13.0. The van der Waals surface area contributed by atoms with Gasteiger partial charge in [-0.1, -0.05) is 0 Å². The third kappa shape index (κ3) is 3.00. The predicted octanol–water partition coefficient (Wildman–Crippen LogP) is 1.90. The molecule has 98 valence electrons. The Morgan fingerprint density at radius 3 is 1.44 bits per heavy atom. The molecule has 0 bridgehead atoms. The van der Waals surface area contributed by atoms with E-state index < -0.39 is 50.2 Å². The van der Waals surface area contributed by atoms with Crippen LogP contribution in [0.15, 0.2) is 0 Å². The summed E-state index contributed by atoms with van der Waals surface area (Å²) < 4.78 is 74.8. The van der Waals surface area contributed by atoms with Crippen molar-refractivity contribution in [1.82, 2.24) is 0 Å². The largest absolute Gasteiger partial charge is 0.396 e. The number of halogens is 6. The van der Waals surface area contributed by atoms with E-state index in [-0.39, 0.29) is 0 Å². The van der Waals surface area contributed by atoms with Gasteiger partial charge in [0.05, 0.1) is 0 Å². The first-order valence-corrected chi connectivity index (χ1v) is 4.47. The van der Waals surface area contributed by atoms with Crippen LogP contribution < -0.4 is 0 Å². The second kappa shape index (κ2) is 5.72. The van der Waals surface area contributed by atoms with Crippen molar-refractivity contribution >= 4 is 0 Å². The Labute approximate surface area is 87.9 Å². The molecule has 0 aromatic heterocycles. The quantitative estimate of drug-likeness (QED) is 0.681. The Kier molecular flexibility index (Phi) is 5.54. The van der Waals surface area contributed by atoms with Crippen LogP contribution in [0.4, 0.5) is 26.3 Å². The molecule has 0 fully saturated rings. The zero-order chi connectivity index (χ0) is 13.0. The Morgan fingerprint density at radius 1 is 0.812 bits per heavy atom. The third-order valence-electron chi connectivity index (χ3n) is 2.19. The minimum atomic E-state index is -5.47. The standard InChI is InChI=1S/C8H12F6O2/c9-6(10)8(13,14)7(11,12)5(1-3-15)2-4-16/h5-6,15-16H,1-4H2. The molecule has 0 spiro atoms. The zero-order valence-corrected chi connectivity index (χ0v) is 8.15. The van der Waals surface area contributed by atoms with Gasteiger partial charge < -0.3 is 10.2 Å². The van der Waals surface area contributed by atoms with E-state index in [0.717, 1.165) is 0 Å². The summed E-state index contributed by atoms with van der Waals surface area (Å²) >= 11 is 0. The molecule has 0 saturated heterocycles. The van der Waals surface area contributed by atoms with Gasteiger partial charge in [-0.2, -0.15) is 17.6 Å². The van der Waals surface area contributed by atoms with Crippen LogP contribution in [-0.2, 0) is 0 Å². The van der Waals surface area contributed by atoms with Crippen LogP contribution in [0.1, 0.15) is 12.8 Å². The topological polar surface area (TPSA) is 40.5 Å². The molecule has 0 rings (SSSR count). The molecule has 2 nitrogen and oxygen atoms in total. The molecule has 0 saturated carbocycles. The average molecular weight is 254 g/mol. The SMILES string of the molecule is OCCC(CCO)C(F)(F)C(F)(F)C(F)F. The minimum Gasteiger partial charge on any atom is -0.396 e. The molecule has 0 aliphatic heterocycles. The molecule has 0 aromatic rings. The van der Waals surface area contributed by atoms with Gasteiger partial charge in [0.25, 0.3) is 0 Å². The van der Waals surface area contributed by atoms with E-state index in [1.54, 1.807) is 0 Å². The fourth-order valence-corrected chi connectivity index (χ4v) is 1.24. The summed E-state index contributed by atoms with van der Waals surface area (Å²) in [6.45, 7) is -1.70. The third-order valence-corrected chi connectivity index (χ3v) is 2.19. The maximum absolute atomic E-state index is 13.0. The molecular weight excluding hydrogens is 242 g/mol. The summed E-state index contributed by atoms with van der Waals surface area (Å²) in [5, 5.41) is 16.8. The Hall–Kier alpha value is -0.500. The molecule has 0 aromatic carbocycles. The molecule has 0 radical (unpaired) electrons. The Bertz CT molecular complexity index is 203. The van der Waals surface area contributed by atoms with Crippen molar-refractivity contribution in [2.45, 2.75) is 31.1 Å². The lowest BCUT2D eigenvalue weighted by Crippen LogP contribution is -2.51. The summed E-state index contributed by atoms with van der Waals surface area (Å²) in [4.78, 5) is 0. The monoisotopic (exact) mass is 254 g/mol. The van der Waals surface area contributed by atoms with Gasteiger partial charge in [-0.15, -0.1) is 0 Å². The summed E-state index contributed by atoms with van der Waals surface area (Å²) in [6, 6.07) is 0. The molecule has 0 amide bonds. The van der Waals surface area contributed by atoms with Crippen molar-refractivity contribution in [3.63, 3.8) is 0 Å². The fraction of sp³-hybridized carbons (Fsp3) is 1.00. The van der Waals surface area contributed by atoms with Crippen molar-refractivity contribution in [3.8, 4) is 0 Å². The van der Waals surface area contributed by atoms with Crippen LogP contribution in [-0.4, -0.2) is 41.7 Å². The van der Waals surface area contributed by atoms with Crippen LogP contribution in [0.3, 0.4) is 0 Å². The normalized spacial score (nSPS) is 13.9. The van der Waals surface area contributed by atoms with E-state index in [2.05, 4.69) is 0 Å². The van der Waals surface area contributed by atoms with E-state index >= 15 is 0 Å². The highest BCUT2D eigenvalue weighted by atomic mass is 19.3.